The van der Waals surface area contributed by atoms with Gasteiger partial charge in [0.05, 0.1) is 6.04 Å². The molecule has 0 bridgehead atoms. The molecule has 1 atom stereocenters. The van der Waals surface area contributed by atoms with Crippen molar-refractivity contribution in [3.05, 3.63) is 52.8 Å². The zero-order valence-electron chi connectivity index (χ0n) is 15.1. The van der Waals surface area contributed by atoms with Crippen LogP contribution in [0.2, 0.25) is 0 Å². The van der Waals surface area contributed by atoms with E-state index in [0.717, 1.165) is 31.6 Å². The van der Waals surface area contributed by atoms with Gasteiger partial charge in [-0.25, -0.2) is 4.79 Å². The molecular weight excluding hydrogens is 298 g/mol. The van der Waals surface area contributed by atoms with Crippen molar-refractivity contribution in [3.8, 4) is 0 Å². The van der Waals surface area contributed by atoms with Crippen molar-refractivity contribution in [2.75, 3.05) is 11.9 Å². The number of nitrogens with one attached hydrogen (secondary N) is 1. The second kappa shape index (κ2) is 6.71. The van der Waals surface area contributed by atoms with Gasteiger partial charge in [-0.2, -0.15) is 0 Å². The summed E-state index contributed by atoms with van der Waals surface area (Å²) in [5.74, 6) is 0. The monoisotopic (exact) mass is 325 g/mol. The van der Waals surface area contributed by atoms with E-state index in [9.17, 15) is 4.79 Å². The van der Waals surface area contributed by atoms with Crippen LogP contribution in [0.15, 0.2) is 30.3 Å². The van der Waals surface area contributed by atoms with Crippen LogP contribution >= 0.6 is 0 Å². The first-order chi connectivity index (χ1) is 11.5. The molecule has 0 spiro atoms. The third-order valence-electron chi connectivity index (χ3n) is 4.81. The number of hydrogen-bond acceptors (Lipinski definition) is 1. The third-order valence-corrected chi connectivity index (χ3v) is 4.81. The molecule has 0 fully saturated rings. The van der Waals surface area contributed by atoms with Crippen molar-refractivity contribution >= 4 is 11.7 Å². The molecule has 1 N–H and O–H groups in total. The summed E-state index contributed by atoms with van der Waals surface area (Å²) in [6.07, 6.45) is 2.05. The molecule has 0 saturated heterocycles. The van der Waals surface area contributed by atoms with Gasteiger partial charge < -0.3 is 14.8 Å². The lowest BCUT2D eigenvalue weighted by Crippen LogP contribution is -2.44. The van der Waals surface area contributed by atoms with Crippen molar-refractivity contribution in [1.29, 1.82) is 0 Å². The summed E-state index contributed by atoms with van der Waals surface area (Å²) in [7, 11) is 0. The minimum absolute atomic E-state index is 0.00329. The summed E-state index contributed by atoms with van der Waals surface area (Å²) in [5.41, 5.74) is 5.75. The molecule has 0 saturated carbocycles. The number of amides is 2. The fraction of sp³-hybridized carbons (Fsp3) is 0.450. The highest BCUT2D eigenvalue weighted by Crippen LogP contribution is 2.32. The highest BCUT2D eigenvalue weighted by molar-refractivity contribution is 5.90. The fourth-order valence-corrected chi connectivity index (χ4v) is 3.77. The topological polar surface area (TPSA) is 37.3 Å². The summed E-state index contributed by atoms with van der Waals surface area (Å²) >= 11 is 0. The number of urea groups is 1. The average Bonchev–Trinajstić information content (AvgIpc) is 2.88. The zero-order valence-corrected chi connectivity index (χ0v) is 15.1. The van der Waals surface area contributed by atoms with E-state index in [0.29, 0.717) is 0 Å². The second-order valence-electron chi connectivity index (χ2n) is 6.86. The number of nitrogens with zero attached hydrogens (tertiary/aromatic N) is 2. The maximum atomic E-state index is 12.9. The molecule has 4 heteroatoms. The highest BCUT2D eigenvalue weighted by atomic mass is 16.2. The van der Waals surface area contributed by atoms with E-state index < -0.39 is 0 Å². The van der Waals surface area contributed by atoms with Crippen molar-refractivity contribution in [1.82, 2.24) is 9.47 Å². The van der Waals surface area contributed by atoms with Crippen molar-refractivity contribution in [2.24, 2.45) is 0 Å². The Kier molecular flexibility index (Phi) is 4.65. The Morgan fingerprint density at radius 2 is 1.83 bits per heavy atom. The molecule has 3 rings (SSSR count). The van der Waals surface area contributed by atoms with Crippen LogP contribution in [0.3, 0.4) is 0 Å². The summed E-state index contributed by atoms with van der Waals surface area (Å²) in [4.78, 5) is 14.9. The Bertz CT molecular complexity index is 727. The van der Waals surface area contributed by atoms with Crippen LogP contribution in [0.5, 0.6) is 0 Å². The zero-order chi connectivity index (χ0) is 17.3. The number of rotatable bonds is 3. The minimum Gasteiger partial charge on any atom is -0.345 e. The van der Waals surface area contributed by atoms with Gasteiger partial charge in [-0.3, -0.25) is 0 Å². The first-order valence-corrected chi connectivity index (χ1v) is 8.81. The molecule has 2 heterocycles. The molecule has 1 aromatic heterocycles. The van der Waals surface area contributed by atoms with Crippen molar-refractivity contribution in [2.45, 2.75) is 53.1 Å². The molecule has 128 valence electrons. The Morgan fingerprint density at radius 3 is 2.50 bits per heavy atom. The maximum absolute atomic E-state index is 12.9. The van der Waals surface area contributed by atoms with Gasteiger partial charge in [-0.1, -0.05) is 19.4 Å². The number of hydrogen-bond donors (Lipinski definition) is 1. The molecule has 24 heavy (non-hydrogen) atoms. The molecule has 1 aliphatic rings. The van der Waals surface area contributed by atoms with Gasteiger partial charge in [-0.15, -0.1) is 0 Å². The van der Waals surface area contributed by atoms with Crippen LogP contribution in [0.1, 0.15) is 48.3 Å². The second-order valence-corrected chi connectivity index (χ2v) is 6.86. The molecule has 2 amide bonds. The van der Waals surface area contributed by atoms with E-state index >= 15 is 0 Å². The SMILES string of the molecule is CCC[C@H]1c2ccc(C)n2CCN1C(=O)Nc1cc(C)cc(C)c1. The van der Waals surface area contributed by atoms with Gasteiger partial charge in [-0.05, 0) is 62.6 Å². The predicted octanol–water partition coefficient (Wildman–Crippen LogP) is 4.80. The number of anilines is 1. The summed E-state index contributed by atoms with van der Waals surface area (Å²) in [6, 6.07) is 10.7. The summed E-state index contributed by atoms with van der Waals surface area (Å²) < 4.78 is 2.35. The standard InChI is InChI=1S/C20H27N3O/c1-5-6-18-19-8-7-16(4)22(19)9-10-23(18)20(24)21-17-12-14(2)11-15(3)13-17/h7-8,11-13,18H,5-6,9-10H2,1-4H3,(H,21,24)/t18-/m0/s1. The Labute approximate surface area is 144 Å². The van der Waals surface area contributed by atoms with E-state index in [1.54, 1.807) is 0 Å². The van der Waals surface area contributed by atoms with Crippen LogP contribution in [0, 0.1) is 20.8 Å². The molecule has 0 unspecified atom stereocenters. The van der Waals surface area contributed by atoms with Gasteiger partial charge in [0.2, 0.25) is 0 Å². The third kappa shape index (κ3) is 3.18. The first kappa shape index (κ1) is 16.6. The molecule has 4 nitrogen and oxygen atoms in total. The van der Waals surface area contributed by atoms with Crippen LogP contribution in [-0.2, 0) is 6.54 Å². The van der Waals surface area contributed by atoms with Crippen LogP contribution in [0.25, 0.3) is 0 Å². The quantitative estimate of drug-likeness (QED) is 0.864. The molecule has 0 aliphatic carbocycles. The molecule has 1 aliphatic heterocycles. The Hall–Kier alpha value is -2.23. The number of carbonyl (C=O) groups is 1. The normalized spacial score (nSPS) is 16.8. The van der Waals surface area contributed by atoms with Gasteiger partial charge in [0.25, 0.3) is 0 Å². The van der Waals surface area contributed by atoms with Crippen LogP contribution in [0.4, 0.5) is 10.5 Å². The molecular formula is C20H27N3O. The fourth-order valence-electron chi connectivity index (χ4n) is 3.77. The van der Waals surface area contributed by atoms with Gasteiger partial charge >= 0.3 is 6.03 Å². The lowest BCUT2D eigenvalue weighted by atomic mass is 10.0. The van der Waals surface area contributed by atoms with E-state index in [2.05, 4.69) is 55.8 Å². The van der Waals surface area contributed by atoms with E-state index in [-0.39, 0.29) is 12.1 Å². The number of benzene rings is 1. The number of aryl methyl sites for hydroxylation is 3. The number of carbonyl (C=O) groups excluding carboxylic acids is 1. The van der Waals surface area contributed by atoms with Gasteiger partial charge in [0.1, 0.15) is 0 Å². The molecule has 1 aromatic carbocycles. The Morgan fingerprint density at radius 1 is 1.12 bits per heavy atom. The largest absolute Gasteiger partial charge is 0.345 e. The van der Waals surface area contributed by atoms with Crippen molar-refractivity contribution < 1.29 is 4.79 Å². The lowest BCUT2D eigenvalue weighted by Gasteiger charge is -2.37. The maximum Gasteiger partial charge on any atom is 0.322 e. The minimum atomic E-state index is 0.00329. The van der Waals surface area contributed by atoms with Crippen molar-refractivity contribution in [3.63, 3.8) is 0 Å². The molecule has 2 aromatic rings. The van der Waals surface area contributed by atoms with E-state index in [4.69, 9.17) is 0 Å². The average molecular weight is 325 g/mol. The summed E-state index contributed by atoms with van der Waals surface area (Å²) in [5, 5.41) is 3.10. The number of aromatic nitrogens is 1. The van der Waals surface area contributed by atoms with Crippen LogP contribution in [-0.4, -0.2) is 22.0 Å². The lowest BCUT2D eigenvalue weighted by molar-refractivity contribution is 0.162. The predicted molar refractivity (Wildman–Crippen MR) is 98.5 cm³/mol. The molecule has 0 radical (unpaired) electrons. The first-order valence-electron chi connectivity index (χ1n) is 8.81. The highest BCUT2D eigenvalue weighted by Gasteiger charge is 2.31. The van der Waals surface area contributed by atoms with E-state index in [1.165, 1.54) is 22.5 Å². The smallest absolute Gasteiger partial charge is 0.322 e. The summed E-state index contributed by atoms with van der Waals surface area (Å²) in [6.45, 7) is 10.0. The Balaban J connectivity index is 1.83. The number of fused-ring (bicyclic) bond motifs is 1. The van der Waals surface area contributed by atoms with Gasteiger partial charge in [0.15, 0.2) is 0 Å². The van der Waals surface area contributed by atoms with Crippen LogP contribution < -0.4 is 5.32 Å². The van der Waals surface area contributed by atoms with Gasteiger partial charge in [0, 0.05) is 30.2 Å². The van der Waals surface area contributed by atoms with E-state index in [1.807, 2.05) is 17.0 Å².